The Morgan fingerprint density at radius 3 is 2.53 bits per heavy atom. The average Bonchev–Trinajstić information content (AvgIpc) is 3.27. The zero-order valence-electron chi connectivity index (χ0n) is 17.6. The Kier molecular flexibility index (Phi) is 6.66. The number of carbonyl (C=O) groups excluding carboxylic acids is 1. The number of nitrogens with zero attached hydrogens (tertiary/aromatic N) is 6. The second-order valence-corrected chi connectivity index (χ2v) is 7.92. The SMILES string of the molecule is CC(=NNC(=O)CSc1nnc(-c2ccncc2)n1-c1ccc(C)cc1)c1cccnc1. The summed E-state index contributed by atoms with van der Waals surface area (Å²) in [7, 11) is 0. The minimum absolute atomic E-state index is 0.143. The highest BCUT2D eigenvalue weighted by molar-refractivity contribution is 7.99. The molecule has 0 spiro atoms. The molecule has 1 amide bonds. The van der Waals surface area contributed by atoms with Crippen molar-refractivity contribution in [3.63, 3.8) is 0 Å². The number of benzene rings is 1. The van der Waals surface area contributed by atoms with Crippen molar-refractivity contribution in [2.75, 3.05) is 5.75 Å². The third-order valence-corrected chi connectivity index (χ3v) is 5.55. The molecule has 0 aliphatic carbocycles. The first-order valence-electron chi connectivity index (χ1n) is 9.91. The van der Waals surface area contributed by atoms with Crippen LogP contribution in [0.2, 0.25) is 0 Å². The maximum atomic E-state index is 12.4. The standard InChI is InChI=1S/C23H21N7OS/c1-16-5-7-20(8-6-16)30-22(18-9-12-24-13-10-18)28-29-23(30)32-15-21(31)27-26-17(2)19-4-3-11-25-14-19/h3-14H,15H2,1-2H3,(H,27,31). The lowest BCUT2D eigenvalue weighted by molar-refractivity contribution is -0.118. The van der Waals surface area contributed by atoms with Crippen LogP contribution in [0.15, 0.2) is 83.6 Å². The Labute approximate surface area is 189 Å². The molecule has 0 unspecified atom stereocenters. The van der Waals surface area contributed by atoms with Gasteiger partial charge in [0, 0.05) is 41.6 Å². The van der Waals surface area contributed by atoms with Crippen LogP contribution in [0.4, 0.5) is 0 Å². The number of aryl methyl sites for hydroxylation is 1. The molecule has 8 nitrogen and oxygen atoms in total. The molecule has 0 aliphatic heterocycles. The van der Waals surface area contributed by atoms with Crippen molar-refractivity contribution in [1.29, 1.82) is 0 Å². The number of thioether (sulfide) groups is 1. The van der Waals surface area contributed by atoms with E-state index in [1.165, 1.54) is 11.8 Å². The molecule has 0 fully saturated rings. The molecule has 0 saturated carbocycles. The van der Waals surface area contributed by atoms with E-state index < -0.39 is 0 Å². The fourth-order valence-electron chi connectivity index (χ4n) is 2.93. The van der Waals surface area contributed by atoms with E-state index in [1.54, 1.807) is 24.8 Å². The van der Waals surface area contributed by atoms with Crippen molar-refractivity contribution in [3.05, 3.63) is 84.4 Å². The van der Waals surface area contributed by atoms with Gasteiger partial charge in [-0.1, -0.05) is 35.5 Å². The topological polar surface area (TPSA) is 98.0 Å². The molecule has 0 atom stereocenters. The van der Waals surface area contributed by atoms with Crippen LogP contribution in [0.3, 0.4) is 0 Å². The van der Waals surface area contributed by atoms with Crippen LogP contribution in [0.1, 0.15) is 18.1 Å². The largest absolute Gasteiger partial charge is 0.272 e. The summed E-state index contributed by atoms with van der Waals surface area (Å²) in [5, 5.41) is 13.5. The molecule has 160 valence electrons. The second-order valence-electron chi connectivity index (χ2n) is 6.98. The van der Waals surface area contributed by atoms with Gasteiger partial charge in [-0.3, -0.25) is 19.3 Å². The Balaban J connectivity index is 1.53. The number of hydrogen-bond donors (Lipinski definition) is 1. The third-order valence-electron chi connectivity index (χ3n) is 4.62. The number of pyridine rings is 2. The maximum Gasteiger partial charge on any atom is 0.250 e. The summed E-state index contributed by atoms with van der Waals surface area (Å²) in [6.45, 7) is 3.85. The van der Waals surface area contributed by atoms with Gasteiger partial charge in [-0.05, 0) is 44.2 Å². The lowest BCUT2D eigenvalue weighted by Gasteiger charge is -2.10. The van der Waals surface area contributed by atoms with Gasteiger partial charge in [0.1, 0.15) is 0 Å². The van der Waals surface area contributed by atoms with Gasteiger partial charge < -0.3 is 0 Å². The van der Waals surface area contributed by atoms with E-state index in [4.69, 9.17) is 0 Å². The second kappa shape index (κ2) is 9.97. The number of aromatic nitrogens is 5. The van der Waals surface area contributed by atoms with Gasteiger partial charge in [0.15, 0.2) is 11.0 Å². The Bertz CT molecular complexity index is 1220. The van der Waals surface area contributed by atoms with Crippen molar-refractivity contribution >= 4 is 23.4 Å². The van der Waals surface area contributed by atoms with Crippen LogP contribution in [-0.4, -0.2) is 42.1 Å². The fourth-order valence-corrected chi connectivity index (χ4v) is 3.67. The fraction of sp³-hybridized carbons (Fsp3) is 0.130. The Hall–Kier alpha value is -3.85. The Morgan fingerprint density at radius 2 is 1.81 bits per heavy atom. The van der Waals surface area contributed by atoms with E-state index >= 15 is 0 Å². The number of rotatable bonds is 7. The molecule has 0 radical (unpaired) electrons. The molecule has 3 heterocycles. The molecule has 32 heavy (non-hydrogen) atoms. The number of amides is 1. The normalized spacial score (nSPS) is 11.4. The highest BCUT2D eigenvalue weighted by atomic mass is 32.2. The summed E-state index contributed by atoms with van der Waals surface area (Å²) in [6.07, 6.45) is 6.82. The van der Waals surface area contributed by atoms with E-state index in [-0.39, 0.29) is 11.7 Å². The summed E-state index contributed by atoms with van der Waals surface area (Å²) in [5.74, 6) is 0.594. The highest BCUT2D eigenvalue weighted by Gasteiger charge is 2.17. The first-order valence-corrected chi connectivity index (χ1v) is 10.9. The molecule has 3 aromatic heterocycles. The van der Waals surface area contributed by atoms with Gasteiger partial charge in [0.2, 0.25) is 0 Å². The smallest absolute Gasteiger partial charge is 0.250 e. The van der Waals surface area contributed by atoms with Crippen LogP contribution in [0, 0.1) is 6.92 Å². The zero-order chi connectivity index (χ0) is 22.3. The zero-order valence-corrected chi connectivity index (χ0v) is 18.5. The third kappa shape index (κ3) is 5.06. The summed E-state index contributed by atoms with van der Waals surface area (Å²) in [6, 6.07) is 15.6. The molecule has 0 bridgehead atoms. The quantitative estimate of drug-likeness (QED) is 0.266. The highest BCUT2D eigenvalue weighted by Crippen LogP contribution is 2.27. The lowest BCUT2D eigenvalue weighted by Crippen LogP contribution is -2.21. The molecule has 1 N–H and O–H groups in total. The molecular weight excluding hydrogens is 422 g/mol. The monoisotopic (exact) mass is 443 g/mol. The van der Waals surface area contributed by atoms with E-state index in [0.717, 1.165) is 22.4 Å². The molecule has 9 heteroatoms. The minimum atomic E-state index is -0.234. The van der Waals surface area contributed by atoms with E-state index in [1.807, 2.05) is 66.9 Å². The maximum absolute atomic E-state index is 12.4. The molecule has 0 aliphatic rings. The molecule has 4 rings (SSSR count). The first kappa shape index (κ1) is 21.4. The number of hydrazone groups is 1. The summed E-state index contributed by atoms with van der Waals surface area (Å²) in [4.78, 5) is 20.5. The van der Waals surface area contributed by atoms with Gasteiger partial charge in [-0.2, -0.15) is 5.10 Å². The minimum Gasteiger partial charge on any atom is -0.272 e. The van der Waals surface area contributed by atoms with Crippen LogP contribution >= 0.6 is 11.8 Å². The first-order chi connectivity index (χ1) is 15.6. The molecule has 4 aromatic rings. The number of nitrogens with one attached hydrogen (secondary N) is 1. The lowest BCUT2D eigenvalue weighted by atomic mass is 10.2. The molecule has 1 aromatic carbocycles. The van der Waals surface area contributed by atoms with E-state index in [9.17, 15) is 4.79 Å². The predicted octanol–water partition coefficient (Wildman–Crippen LogP) is 3.67. The van der Waals surface area contributed by atoms with Crippen molar-refractivity contribution in [2.45, 2.75) is 19.0 Å². The van der Waals surface area contributed by atoms with Crippen molar-refractivity contribution in [2.24, 2.45) is 5.10 Å². The van der Waals surface area contributed by atoms with Crippen LogP contribution in [0.5, 0.6) is 0 Å². The van der Waals surface area contributed by atoms with Gasteiger partial charge in [-0.25, -0.2) is 5.43 Å². The number of hydrogen-bond acceptors (Lipinski definition) is 7. The van der Waals surface area contributed by atoms with Crippen LogP contribution in [0.25, 0.3) is 17.1 Å². The van der Waals surface area contributed by atoms with Crippen LogP contribution < -0.4 is 5.43 Å². The van der Waals surface area contributed by atoms with Crippen molar-refractivity contribution < 1.29 is 4.79 Å². The van der Waals surface area contributed by atoms with E-state index in [0.29, 0.717) is 16.7 Å². The average molecular weight is 444 g/mol. The number of carbonyl (C=O) groups is 1. The summed E-state index contributed by atoms with van der Waals surface area (Å²) < 4.78 is 1.94. The van der Waals surface area contributed by atoms with Gasteiger partial charge in [0.05, 0.1) is 11.5 Å². The predicted molar refractivity (Wildman–Crippen MR) is 125 cm³/mol. The van der Waals surface area contributed by atoms with Gasteiger partial charge in [-0.15, -0.1) is 10.2 Å². The Morgan fingerprint density at radius 1 is 1.03 bits per heavy atom. The van der Waals surface area contributed by atoms with Gasteiger partial charge in [0.25, 0.3) is 5.91 Å². The van der Waals surface area contributed by atoms with Crippen LogP contribution in [-0.2, 0) is 4.79 Å². The van der Waals surface area contributed by atoms with Crippen molar-refractivity contribution in [1.82, 2.24) is 30.2 Å². The molecular formula is C23H21N7OS. The van der Waals surface area contributed by atoms with E-state index in [2.05, 4.69) is 30.7 Å². The molecule has 0 saturated heterocycles. The summed E-state index contributed by atoms with van der Waals surface area (Å²) >= 11 is 1.30. The van der Waals surface area contributed by atoms with Gasteiger partial charge >= 0.3 is 0 Å². The van der Waals surface area contributed by atoms with Crippen molar-refractivity contribution in [3.8, 4) is 17.1 Å². The summed E-state index contributed by atoms with van der Waals surface area (Å²) in [5.41, 5.74) is 7.08.